The molecular formula is C28H26Cl2N2O4. The van der Waals surface area contributed by atoms with Crippen LogP contribution in [0.5, 0.6) is 0 Å². The molecule has 0 radical (unpaired) electrons. The van der Waals surface area contributed by atoms with Crippen molar-refractivity contribution in [1.82, 2.24) is 4.98 Å². The average Bonchev–Trinajstić information content (AvgIpc) is 3.14. The van der Waals surface area contributed by atoms with Gasteiger partial charge in [0.2, 0.25) is 17.4 Å². The third kappa shape index (κ3) is 5.31. The Labute approximate surface area is 219 Å². The van der Waals surface area contributed by atoms with E-state index >= 15 is 0 Å². The van der Waals surface area contributed by atoms with Gasteiger partial charge in [0.25, 0.3) is 0 Å². The van der Waals surface area contributed by atoms with Gasteiger partial charge in [0, 0.05) is 27.6 Å². The molecule has 36 heavy (non-hydrogen) atoms. The van der Waals surface area contributed by atoms with Crippen molar-refractivity contribution in [3.05, 3.63) is 70.4 Å². The standard InChI is InChI=1S/C28H26Cl2N2O4/c1-15(2)13-22(33)31-24-20-14-19(16-9-11-17(29)12-10-16)23(18-7-5-6-8-21(18)30)32-27(20)36-25(24)26(34)28(3,4)35/h5-12,14-15,35H,13H2,1-4H3,(H,31,33). The minimum Gasteiger partial charge on any atom is -0.432 e. The molecule has 2 aromatic carbocycles. The predicted molar refractivity (Wildman–Crippen MR) is 144 cm³/mol. The summed E-state index contributed by atoms with van der Waals surface area (Å²) in [6.45, 7) is 6.58. The van der Waals surface area contributed by atoms with E-state index in [-0.39, 0.29) is 35.4 Å². The Morgan fingerprint density at radius 3 is 2.33 bits per heavy atom. The number of furan rings is 1. The van der Waals surface area contributed by atoms with E-state index in [1.807, 2.05) is 44.2 Å². The van der Waals surface area contributed by atoms with Crippen LogP contribution in [0.1, 0.15) is 44.7 Å². The topological polar surface area (TPSA) is 92.4 Å². The Morgan fingerprint density at radius 2 is 1.72 bits per heavy atom. The lowest BCUT2D eigenvalue weighted by Gasteiger charge is -2.15. The van der Waals surface area contributed by atoms with Crippen LogP contribution in [0.2, 0.25) is 10.0 Å². The number of aromatic nitrogens is 1. The number of carbonyl (C=O) groups excluding carboxylic acids is 2. The van der Waals surface area contributed by atoms with Gasteiger partial charge in [0.15, 0.2) is 5.76 Å². The quantitative estimate of drug-likeness (QED) is 0.245. The summed E-state index contributed by atoms with van der Waals surface area (Å²) < 4.78 is 5.91. The van der Waals surface area contributed by atoms with Crippen molar-refractivity contribution in [3.63, 3.8) is 0 Å². The number of nitrogens with zero attached hydrogens (tertiary/aromatic N) is 1. The Bertz CT molecular complexity index is 1450. The lowest BCUT2D eigenvalue weighted by molar-refractivity contribution is -0.116. The number of ketones is 1. The van der Waals surface area contributed by atoms with E-state index in [9.17, 15) is 14.7 Å². The van der Waals surface area contributed by atoms with Crippen molar-refractivity contribution in [3.8, 4) is 22.4 Å². The van der Waals surface area contributed by atoms with Gasteiger partial charge in [-0.2, -0.15) is 0 Å². The third-order valence-corrected chi connectivity index (χ3v) is 6.17. The Kier molecular flexibility index (Phi) is 7.23. The minimum atomic E-state index is -1.73. The molecule has 0 aliphatic heterocycles. The molecule has 4 rings (SSSR count). The highest BCUT2D eigenvalue weighted by Gasteiger charge is 2.33. The van der Waals surface area contributed by atoms with E-state index < -0.39 is 11.4 Å². The molecule has 0 bridgehead atoms. The largest absolute Gasteiger partial charge is 0.432 e. The van der Waals surface area contributed by atoms with Crippen molar-refractivity contribution in [2.45, 2.75) is 39.7 Å². The molecule has 0 spiro atoms. The van der Waals surface area contributed by atoms with Gasteiger partial charge in [-0.1, -0.05) is 67.4 Å². The van der Waals surface area contributed by atoms with Crippen LogP contribution in [0, 0.1) is 5.92 Å². The van der Waals surface area contributed by atoms with E-state index in [4.69, 9.17) is 32.6 Å². The SMILES string of the molecule is CC(C)CC(=O)Nc1c(C(=O)C(C)(C)O)oc2nc(-c3ccccc3Cl)c(-c3ccc(Cl)cc3)cc12. The molecule has 0 aliphatic carbocycles. The lowest BCUT2D eigenvalue weighted by Crippen LogP contribution is -2.31. The van der Waals surface area contributed by atoms with Gasteiger partial charge in [0.05, 0.1) is 11.1 Å². The van der Waals surface area contributed by atoms with Crippen LogP contribution in [0.15, 0.2) is 59.0 Å². The number of aliphatic hydroxyl groups is 1. The van der Waals surface area contributed by atoms with Gasteiger partial charge in [-0.3, -0.25) is 9.59 Å². The van der Waals surface area contributed by atoms with Gasteiger partial charge in [0.1, 0.15) is 11.3 Å². The summed E-state index contributed by atoms with van der Waals surface area (Å²) in [7, 11) is 0. The fourth-order valence-corrected chi connectivity index (χ4v) is 4.21. The zero-order valence-electron chi connectivity index (χ0n) is 20.4. The summed E-state index contributed by atoms with van der Waals surface area (Å²) in [6, 6.07) is 16.3. The predicted octanol–water partition coefficient (Wildman–Crippen LogP) is 7.41. The zero-order chi connectivity index (χ0) is 26.2. The van der Waals surface area contributed by atoms with Crippen molar-refractivity contribution >= 4 is 51.7 Å². The fourth-order valence-electron chi connectivity index (χ4n) is 3.85. The molecule has 0 saturated heterocycles. The van der Waals surface area contributed by atoms with E-state index in [0.29, 0.717) is 32.3 Å². The number of benzene rings is 2. The van der Waals surface area contributed by atoms with E-state index in [2.05, 4.69) is 5.32 Å². The van der Waals surface area contributed by atoms with E-state index in [0.717, 1.165) is 5.56 Å². The Morgan fingerprint density at radius 1 is 1.06 bits per heavy atom. The molecular weight excluding hydrogens is 499 g/mol. The highest BCUT2D eigenvalue weighted by Crippen LogP contribution is 2.41. The van der Waals surface area contributed by atoms with Crippen LogP contribution in [0.25, 0.3) is 33.5 Å². The highest BCUT2D eigenvalue weighted by atomic mass is 35.5. The summed E-state index contributed by atoms with van der Waals surface area (Å²) in [6.07, 6.45) is 0.248. The molecule has 6 nitrogen and oxygen atoms in total. The van der Waals surface area contributed by atoms with Gasteiger partial charge in [-0.05, 0) is 49.6 Å². The van der Waals surface area contributed by atoms with Crippen LogP contribution in [-0.4, -0.2) is 27.4 Å². The summed E-state index contributed by atoms with van der Waals surface area (Å²) in [5.41, 5.74) is 1.30. The minimum absolute atomic E-state index is 0.103. The average molecular weight is 525 g/mol. The molecule has 0 saturated carbocycles. The maximum absolute atomic E-state index is 13.1. The number of halogens is 2. The van der Waals surface area contributed by atoms with Gasteiger partial charge in [-0.15, -0.1) is 0 Å². The summed E-state index contributed by atoms with van der Waals surface area (Å²) in [5.74, 6) is -1.01. The normalized spacial score (nSPS) is 11.8. The number of pyridine rings is 1. The molecule has 1 amide bonds. The maximum Gasteiger partial charge on any atom is 0.231 e. The molecule has 0 aliphatic rings. The maximum atomic E-state index is 13.1. The summed E-state index contributed by atoms with van der Waals surface area (Å²) in [4.78, 5) is 30.6. The van der Waals surface area contributed by atoms with Crippen molar-refractivity contribution in [1.29, 1.82) is 0 Å². The molecule has 8 heteroatoms. The number of fused-ring (bicyclic) bond motifs is 1. The zero-order valence-corrected chi connectivity index (χ0v) is 21.9. The monoisotopic (exact) mass is 524 g/mol. The second-order valence-corrected chi connectivity index (χ2v) is 10.4. The molecule has 186 valence electrons. The molecule has 4 aromatic rings. The van der Waals surface area contributed by atoms with Crippen LogP contribution in [0.3, 0.4) is 0 Å². The molecule has 2 N–H and O–H groups in total. The van der Waals surface area contributed by atoms with Gasteiger partial charge >= 0.3 is 0 Å². The first-order chi connectivity index (χ1) is 17.0. The van der Waals surface area contributed by atoms with Crippen LogP contribution >= 0.6 is 23.2 Å². The second-order valence-electron chi connectivity index (χ2n) is 9.56. The van der Waals surface area contributed by atoms with Crippen molar-refractivity contribution in [2.24, 2.45) is 5.92 Å². The Balaban J connectivity index is 2.03. The smallest absolute Gasteiger partial charge is 0.231 e. The first kappa shape index (κ1) is 25.9. The first-order valence-electron chi connectivity index (χ1n) is 11.5. The van der Waals surface area contributed by atoms with Gasteiger partial charge in [-0.25, -0.2) is 4.98 Å². The molecule has 0 fully saturated rings. The lowest BCUT2D eigenvalue weighted by atomic mass is 9.97. The number of amides is 1. The number of anilines is 1. The number of carbonyl (C=O) groups is 2. The molecule has 0 atom stereocenters. The Hall–Kier alpha value is -3.19. The third-order valence-electron chi connectivity index (χ3n) is 5.59. The number of hydrogen-bond acceptors (Lipinski definition) is 5. The fraction of sp³-hybridized carbons (Fsp3) is 0.250. The number of Topliss-reactive ketones (excluding diaryl/α,β-unsaturated/α-hetero) is 1. The van der Waals surface area contributed by atoms with Crippen LogP contribution in [0.4, 0.5) is 5.69 Å². The summed E-state index contributed by atoms with van der Waals surface area (Å²) in [5, 5.41) is 14.7. The highest BCUT2D eigenvalue weighted by molar-refractivity contribution is 6.33. The molecule has 2 aromatic heterocycles. The van der Waals surface area contributed by atoms with E-state index in [1.165, 1.54) is 13.8 Å². The number of nitrogens with one attached hydrogen (secondary N) is 1. The molecule has 0 unspecified atom stereocenters. The van der Waals surface area contributed by atoms with Crippen molar-refractivity contribution in [2.75, 3.05) is 5.32 Å². The van der Waals surface area contributed by atoms with Gasteiger partial charge < -0.3 is 14.8 Å². The molecule has 2 heterocycles. The van der Waals surface area contributed by atoms with Crippen molar-refractivity contribution < 1.29 is 19.1 Å². The van der Waals surface area contributed by atoms with Crippen LogP contribution < -0.4 is 5.32 Å². The number of rotatable bonds is 7. The van der Waals surface area contributed by atoms with E-state index in [1.54, 1.807) is 24.3 Å². The summed E-state index contributed by atoms with van der Waals surface area (Å²) >= 11 is 12.6. The van der Waals surface area contributed by atoms with Crippen LogP contribution in [-0.2, 0) is 4.79 Å². The number of hydrogen-bond donors (Lipinski definition) is 2. The second kappa shape index (κ2) is 10.1. The first-order valence-corrected chi connectivity index (χ1v) is 12.3.